The van der Waals surface area contributed by atoms with E-state index in [0.717, 1.165) is 0 Å². The van der Waals surface area contributed by atoms with Gasteiger partial charge in [-0.05, 0) is 24.3 Å². The summed E-state index contributed by atoms with van der Waals surface area (Å²) in [6.07, 6.45) is 0. The fourth-order valence-corrected chi connectivity index (χ4v) is 1.87. The molecular formula is C9H11NO5S. The third-order valence-corrected chi connectivity index (χ3v) is 3.03. The highest BCUT2D eigenvalue weighted by Crippen LogP contribution is 2.11. The van der Waals surface area contributed by atoms with Gasteiger partial charge in [0, 0.05) is 5.69 Å². The Morgan fingerprint density at radius 2 is 1.81 bits per heavy atom. The van der Waals surface area contributed by atoms with Gasteiger partial charge in [0.2, 0.25) is 10.0 Å². The Kier molecular flexibility index (Phi) is 3.86. The van der Waals surface area contributed by atoms with Gasteiger partial charge in [-0.3, -0.25) is 4.72 Å². The summed E-state index contributed by atoms with van der Waals surface area (Å²) in [4.78, 5) is 10.5. The number of hydrogen-bond acceptors (Lipinski definition) is 4. The molecule has 0 aliphatic heterocycles. The van der Waals surface area contributed by atoms with Crippen molar-refractivity contribution in [3.05, 3.63) is 29.8 Å². The summed E-state index contributed by atoms with van der Waals surface area (Å²) >= 11 is 0. The van der Waals surface area contributed by atoms with Gasteiger partial charge in [0.1, 0.15) is 0 Å². The molecule has 0 unspecified atom stereocenters. The second kappa shape index (κ2) is 4.95. The number of carbonyl (C=O) groups is 1. The normalized spacial score (nSPS) is 11.1. The SMILES string of the molecule is O=C(O)c1ccc(NS(=O)(=O)CCO)cc1. The number of anilines is 1. The van der Waals surface area contributed by atoms with Crippen molar-refractivity contribution in [3.63, 3.8) is 0 Å². The molecule has 7 heteroatoms. The van der Waals surface area contributed by atoms with Crippen molar-refractivity contribution in [3.8, 4) is 0 Å². The second-order valence-corrected chi connectivity index (χ2v) is 4.87. The fourth-order valence-electron chi connectivity index (χ4n) is 1.03. The highest BCUT2D eigenvalue weighted by atomic mass is 32.2. The largest absolute Gasteiger partial charge is 0.478 e. The maximum absolute atomic E-state index is 11.2. The van der Waals surface area contributed by atoms with Crippen LogP contribution in [0.1, 0.15) is 10.4 Å². The summed E-state index contributed by atoms with van der Waals surface area (Å²) < 4.78 is 24.7. The van der Waals surface area contributed by atoms with Crippen LogP contribution in [0, 0.1) is 0 Å². The summed E-state index contributed by atoms with van der Waals surface area (Å²) in [5.41, 5.74) is 0.337. The lowest BCUT2D eigenvalue weighted by Crippen LogP contribution is -2.18. The number of rotatable bonds is 5. The third-order valence-electron chi connectivity index (χ3n) is 1.77. The highest BCUT2D eigenvalue weighted by molar-refractivity contribution is 7.92. The van der Waals surface area contributed by atoms with Crippen molar-refractivity contribution >= 4 is 21.7 Å². The van der Waals surface area contributed by atoms with E-state index in [-0.39, 0.29) is 11.3 Å². The first kappa shape index (κ1) is 12.5. The molecule has 0 atom stereocenters. The minimum Gasteiger partial charge on any atom is -0.478 e. The highest BCUT2D eigenvalue weighted by Gasteiger charge is 2.09. The van der Waals surface area contributed by atoms with Crippen molar-refractivity contribution in [1.82, 2.24) is 0 Å². The van der Waals surface area contributed by atoms with Crippen LogP contribution in [-0.4, -0.2) is 37.0 Å². The Hall–Kier alpha value is -1.60. The molecule has 0 fully saturated rings. The first-order valence-electron chi connectivity index (χ1n) is 4.39. The van der Waals surface area contributed by atoms with Crippen molar-refractivity contribution in [2.24, 2.45) is 0 Å². The van der Waals surface area contributed by atoms with Crippen LogP contribution < -0.4 is 4.72 Å². The van der Waals surface area contributed by atoms with E-state index in [0.29, 0.717) is 0 Å². The molecule has 0 amide bonds. The average Bonchev–Trinajstić information content (AvgIpc) is 2.17. The maximum Gasteiger partial charge on any atom is 0.335 e. The zero-order valence-electron chi connectivity index (χ0n) is 8.25. The molecule has 0 saturated heterocycles. The van der Waals surface area contributed by atoms with Crippen LogP contribution in [-0.2, 0) is 10.0 Å². The van der Waals surface area contributed by atoms with E-state index in [1.807, 2.05) is 0 Å². The van der Waals surface area contributed by atoms with Gasteiger partial charge in [0.05, 0.1) is 17.9 Å². The molecular weight excluding hydrogens is 234 g/mol. The number of nitrogens with one attached hydrogen (secondary N) is 1. The number of benzene rings is 1. The summed E-state index contributed by atoms with van der Waals surface area (Å²) in [7, 11) is -3.57. The number of hydrogen-bond donors (Lipinski definition) is 3. The number of sulfonamides is 1. The van der Waals surface area contributed by atoms with E-state index in [2.05, 4.69) is 4.72 Å². The van der Waals surface area contributed by atoms with E-state index in [4.69, 9.17) is 10.2 Å². The number of aliphatic hydroxyl groups excluding tert-OH is 1. The zero-order chi connectivity index (χ0) is 12.2. The Morgan fingerprint density at radius 1 is 1.25 bits per heavy atom. The maximum atomic E-state index is 11.2. The molecule has 0 radical (unpaired) electrons. The summed E-state index contributed by atoms with van der Waals surface area (Å²) in [6, 6.07) is 5.27. The smallest absolute Gasteiger partial charge is 0.335 e. The summed E-state index contributed by atoms with van der Waals surface area (Å²) in [6.45, 7) is -0.470. The van der Waals surface area contributed by atoms with Gasteiger partial charge in [-0.15, -0.1) is 0 Å². The predicted molar refractivity (Wildman–Crippen MR) is 57.9 cm³/mol. The van der Waals surface area contributed by atoms with Crippen molar-refractivity contribution in [1.29, 1.82) is 0 Å². The van der Waals surface area contributed by atoms with Gasteiger partial charge in [-0.1, -0.05) is 0 Å². The number of aliphatic hydroxyl groups is 1. The molecule has 0 spiro atoms. The van der Waals surface area contributed by atoms with Crippen LogP contribution in [0.4, 0.5) is 5.69 Å². The Morgan fingerprint density at radius 3 is 2.25 bits per heavy atom. The molecule has 0 saturated carbocycles. The fraction of sp³-hybridized carbons (Fsp3) is 0.222. The van der Waals surface area contributed by atoms with E-state index < -0.39 is 28.4 Å². The Bertz CT molecular complexity index is 465. The van der Waals surface area contributed by atoms with Crippen LogP contribution in [0.15, 0.2) is 24.3 Å². The minimum absolute atomic E-state index is 0.0742. The van der Waals surface area contributed by atoms with Gasteiger partial charge in [0.15, 0.2) is 0 Å². The van der Waals surface area contributed by atoms with Gasteiger partial charge in [-0.2, -0.15) is 0 Å². The number of carboxylic acid groups (broad SMARTS) is 1. The van der Waals surface area contributed by atoms with Crippen molar-refractivity contribution < 1.29 is 23.4 Å². The Labute approximate surface area is 92.6 Å². The third kappa shape index (κ3) is 3.52. The van der Waals surface area contributed by atoms with Gasteiger partial charge in [-0.25, -0.2) is 13.2 Å². The lowest BCUT2D eigenvalue weighted by molar-refractivity contribution is 0.0697. The molecule has 88 valence electrons. The standard InChI is InChI=1S/C9H11NO5S/c11-5-6-16(14,15)10-8-3-1-7(2-4-8)9(12)13/h1-4,10-11H,5-6H2,(H,12,13). The molecule has 6 nitrogen and oxygen atoms in total. The zero-order valence-corrected chi connectivity index (χ0v) is 9.07. The van der Waals surface area contributed by atoms with Gasteiger partial charge >= 0.3 is 5.97 Å². The summed E-state index contributed by atoms with van der Waals surface area (Å²) in [5.74, 6) is -1.47. The molecule has 1 rings (SSSR count). The lowest BCUT2D eigenvalue weighted by atomic mass is 10.2. The minimum atomic E-state index is -3.57. The molecule has 1 aromatic rings. The molecule has 3 N–H and O–H groups in total. The quantitative estimate of drug-likeness (QED) is 0.683. The van der Waals surface area contributed by atoms with Gasteiger partial charge < -0.3 is 10.2 Å². The monoisotopic (exact) mass is 245 g/mol. The van der Waals surface area contributed by atoms with E-state index in [9.17, 15) is 13.2 Å². The van der Waals surface area contributed by atoms with Gasteiger partial charge in [0.25, 0.3) is 0 Å². The molecule has 0 bridgehead atoms. The topological polar surface area (TPSA) is 104 Å². The van der Waals surface area contributed by atoms with E-state index in [1.54, 1.807) is 0 Å². The first-order chi connectivity index (χ1) is 7.44. The second-order valence-electron chi connectivity index (χ2n) is 3.03. The van der Waals surface area contributed by atoms with Crippen molar-refractivity contribution in [2.75, 3.05) is 17.1 Å². The first-order valence-corrected chi connectivity index (χ1v) is 6.04. The van der Waals surface area contributed by atoms with Crippen molar-refractivity contribution in [2.45, 2.75) is 0 Å². The molecule has 0 aliphatic carbocycles. The van der Waals surface area contributed by atoms with E-state index in [1.165, 1.54) is 24.3 Å². The van der Waals surface area contributed by atoms with Crippen LogP contribution in [0.2, 0.25) is 0 Å². The average molecular weight is 245 g/mol. The molecule has 0 aliphatic rings. The van der Waals surface area contributed by atoms with Crippen LogP contribution in [0.25, 0.3) is 0 Å². The Balaban J connectivity index is 2.80. The molecule has 0 aromatic heterocycles. The predicted octanol–water partition coefficient (Wildman–Crippen LogP) is 0.119. The molecule has 16 heavy (non-hydrogen) atoms. The lowest BCUT2D eigenvalue weighted by Gasteiger charge is -2.06. The van der Waals surface area contributed by atoms with Crippen LogP contribution in [0.5, 0.6) is 0 Å². The molecule has 1 aromatic carbocycles. The molecule has 0 heterocycles. The number of aromatic carboxylic acids is 1. The van der Waals surface area contributed by atoms with E-state index >= 15 is 0 Å². The van der Waals surface area contributed by atoms with Crippen LogP contribution >= 0.6 is 0 Å². The van der Waals surface area contributed by atoms with Crippen LogP contribution in [0.3, 0.4) is 0 Å². The number of carboxylic acids is 1. The summed E-state index contributed by atoms with van der Waals surface area (Å²) in [5, 5.41) is 17.1.